The first-order valence-electron chi connectivity index (χ1n) is 8.90. The summed E-state index contributed by atoms with van der Waals surface area (Å²) in [4.78, 5) is 26.4. The lowest BCUT2D eigenvalue weighted by Gasteiger charge is -2.32. The van der Waals surface area contributed by atoms with E-state index in [1.807, 2.05) is 65.6 Å². The van der Waals surface area contributed by atoms with Crippen molar-refractivity contribution in [3.8, 4) is 0 Å². The van der Waals surface area contributed by atoms with Crippen molar-refractivity contribution in [2.45, 2.75) is 31.7 Å². The number of nitrogens with one attached hydrogen (secondary N) is 1. The van der Waals surface area contributed by atoms with Gasteiger partial charge in [0.25, 0.3) is 5.91 Å². The first-order valence-corrected chi connectivity index (χ1v) is 8.90. The maximum atomic E-state index is 12.4. The number of carbonyl (C=O) groups is 2. The molecule has 130 valence electrons. The van der Waals surface area contributed by atoms with Crippen LogP contribution >= 0.6 is 0 Å². The largest absolute Gasteiger partial charge is 0.353 e. The molecular formula is C21H24N2O2. The highest BCUT2D eigenvalue weighted by atomic mass is 16.2. The van der Waals surface area contributed by atoms with Gasteiger partial charge in [0, 0.05) is 31.1 Å². The highest BCUT2D eigenvalue weighted by Crippen LogP contribution is 2.14. The van der Waals surface area contributed by atoms with Crippen LogP contribution in [-0.4, -0.2) is 35.8 Å². The number of hydrogen-bond donors (Lipinski definition) is 1. The average molecular weight is 336 g/mol. The van der Waals surface area contributed by atoms with Crippen LogP contribution in [-0.2, 0) is 11.2 Å². The van der Waals surface area contributed by atoms with Crippen LogP contribution < -0.4 is 5.32 Å². The normalized spacial score (nSPS) is 15.0. The number of likely N-dealkylation sites (tertiary alicyclic amines) is 1. The predicted molar refractivity (Wildman–Crippen MR) is 98.3 cm³/mol. The minimum atomic E-state index is 0.0782. The summed E-state index contributed by atoms with van der Waals surface area (Å²) in [7, 11) is 0. The van der Waals surface area contributed by atoms with E-state index in [1.165, 1.54) is 5.56 Å². The van der Waals surface area contributed by atoms with E-state index >= 15 is 0 Å². The van der Waals surface area contributed by atoms with Crippen LogP contribution in [0.2, 0.25) is 0 Å². The predicted octanol–water partition coefficient (Wildman–Crippen LogP) is 3.04. The first kappa shape index (κ1) is 17.2. The van der Waals surface area contributed by atoms with Gasteiger partial charge in [-0.3, -0.25) is 9.59 Å². The van der Waals surface area contributed by atoms with Crippen LogP contribution in [0.5, 0.6) is 0 Å². The van der Waals surface area contributed by atoms with Crippen molar-refractivity contribution < 1.29 is 9.59 Å². The van der Waals surface area contributed by atoms with Gasteiger partial charge in [0.15, 0.2) is 0 Å². The zero-order chi connectivity index (χ0) is 17.5. The zero-order valence-electron chi connectivity index (χ0n) is 14.4. The number of piperidine rings is 1. The molecule has 0 atom stereocenters. The molecule has 1 heterocycles. The molecule has 0 spiro atoms. The van der Waals surface area contributed by atoms with Crippen molar-refractivity contribution in [2.24, 2.45) is 0 Å². The molecule has 0 aromatic heterocycles. The maximum Gasteiger partial charge on any atom is 0.253 e. The van der Waals surface area contributed by atoms with E-state index in [-0.39, 0.29) is 17.9 Å². The molecule has 4 nitrogen and oxygen atoms in total. The molecule has 2 amide bonds. The highest BCUT2D eigenvalue weighted by Gasteiger charge is 2.24. The highest BCUT2D eigenvalue weighted by molar-refractivity contribution is 5.94. The molecule has 1 aliphatic rings. The van der Waals surface area contributed by atoms with Crippen molar-refractivity contribution in [2.75, 3.05) is 13.1 Å². The van der Waals surface area contributed by atoms with E-state index in [0.717, 1.165) is 24.8 Å². The number of amides is 2. The first-order chi connectivity index (χ1) is 12.2. The Labute approximate surface area is 148 Å². The molecule has 0 saturated carbocycles. The smallest absolute Gasteiger partial charge is 0.253 e. The fraction of sp³-hybridized carbons (Fsp3) is 0.333. The Morgan fingerprint density at radius 2 is 1.52 bits per heavy atom. The molecule has 0 bridgehead atoms. The number of carbonyl (C=O) groups excluding carboxylic acids is 2. The minimum Gasteiger partial charge on any atom is -0.353 e. The van der Waals surface area contributed by atoms with Crippen molar-refractivity contribution in [1.29, 1.82) is 0 Å². The Balaban J connectivity index is 1.41. The van der Waals surface area contributed by atoms with Gasteiger partial charge in [-0.15, -0.1) is 0 Å². The molecule has 2 aromatic rings. The quantitative estimate of drug-likeness (QED) is 0.912. The Morgan fingerprint density at radius 3 is 2.16 bits per heavy atom. The van der Waals surface area contributed by atoms with Gasteiger partial charge in [0.1, 0.15) is 0 Å². The Hall–Kier alpha value is -2.62. The molecule has 4 heteroatoms. The summed E-state index contributed by atoms with van der Waals surface area (Å²) in [5, 5.41) is 3.11. The summed E-state index contributed by atoms with van der Waals surface area (Å²) in [6.45, 7) is 1.38. The average Bonchev–Trinajstić information content (AvgIpc) is 2.68. The van der Waals surface area contributed by atoms with E-state index in [2.05, 4.69) is 5.32 Å². The number of rotatable bonds is 5. The standard InChI is InChI=1S/C21H24N2O2/c24-20(12-11-17-7-3-1-4-8-17)22-19-13-15-23(16-14-19)21(25)18-9-5-2-6-10-18/h1-10,19H,11-16H2,(H,22,24). The monoisotopic (exact) mass is 336 g/mol. The fourth-order valence-corrected chi connectivity index (χ4v) is 3.19. The van der Waals surface area contributed by atoms with E-state index < -0.39 is 0 Å². The third-order valence-corrected chi connectivity index (χ3v) is 4.65. The van der Waals surface area contributed by atoms with Crippen molar-refractivity contribution in [1.82, 2.24) is 10.2 Å². The fourth-order valence-electron chi connectivity index (χ4n) is 3.19. The third-order valence-electron chi connectivity index (χ3n) is 4.65. The molecule has 0 aliphatic carbocycles. The lowest BCUT2D eigenvalue weighted by atomic mass is 10.0. The van der Waals surface area contributed by atoms with Gasteiger partial charge in [-0.05, 0) is 37.0 Å². The summed E-state index contributed by atoms with van der Waals surface area (Å²) in [6.07, 6.45) is 2.90. The molecule has 2 aromatic carbocycles. The van der Waals surface area contributed by atoms with Gasteiger partial charge in [-0.25, -0.2) is 0 Å². The van der Waals surface area contributed by atoms with Gasteiger partial charge in [0.2, 0.25) is 5.91 Å². The molecule has 0 unspecified atom stereocenters. The Bertz CT molecular complexity index is 692. The van der Waals surface area contributed by atoms with Gasteiger partial charge in [-0.1, -0.05) is 48.5 Å². The minimum absolute atomic E-state index is 0.0782. The summed E-state index contributed by atoms with van der Waals surface area (Å²) in [6, 6.07) is 19.6. The molecule has 1 N–H and O–H groups in total. The molecule has 0 radical (unpaired) electrons. The summed E-state index contributed by atoms with van der Waals surface area (Å²) >= 11 is 0. The molecule has 3 rings (SSSR count). The SMILES string of the molecule is O=C(CCc1ccccc1)NC1CCN(C(=O)c2ccccc2)CC1. The van der Waals surface area contributed by atoms with Crippen molar-refractivity contribution >= 4 is 11.8 Å². The van der Waals surface area contributed by atoms with Gasteiger partial charge in [-0.2, -0.15) is 0 Å². The number of nitrogens with zero attached hydrogens (tertiary/aromatic N) is 1. The number of aryl methyl sites for hydroxylation is 1. The Kier molecular flexibility index (Phi) is 5.83. The second kappa shape index (κ2) is 8.47. The lowest BCUT2D eigenvalue weighted by Crippen LogP contribution is -2.46. The molecule has 1 fully saturated rings. The molecular weight excluding hydrogens is 312 g/mol. The van der Waals surface area contributed by atoms with Crippen LogP contribution in [0.4, 0.5) is 0 Å². The summed E-state index contributed by atoms with van der Waals surface area (Å²) in [5.41, 5.74) is 1.91. The van der Waals surface area contributed by atoms with Crippen molar-refractivity contribution in [3.63, 3.8) is 0 Å². The van der Waals surface area contributed by atoms with E-state index in [4.69, 9.17) is 0 Å². The van der Waals surface area contributed by atoms with Gasteiger partial charge >= 0.3 is 0 Å². The number of hydrogen-bond acceptors (Lipinski definition) is 2. The maximum absolute atomic E-state index is 12.4. The zero-order valence-corrected chi connectivity index (χ0v) is 14.4. The second-order valence-corrected chi connectivity index (χ2v) is 6.49. The van der Waals surface area contributed by atoms with E-state index in [9.17, 15) is 9.59 Å². The molecule has 25 heavy (non-hydrogen) atoms. The number of benzene rings is 2. The van der Waals surface area contributed by atoms with Crippen LogP contribution in [0.1, 0.15) is 35.2 Å². The topological polar surface area (TPSA) is 49.4 Å². The molecule has 1 aliphatic heterocycles. The van der Waals surface area contributed by atoms with Gasteiger partial charge in [0.05, 0.1) is 0 Å². The summed E-state index contributed by atoms with van der Waals surface area (Å²) < 4.78 is 0. The van der Waals surface area contributed by atoms with Crippen LogP contribution in [0.3, 0.4) is 0 Å². The second-order valence-electron chi connectivity index (χ2n) is 6.49. The van der Waals surface area contributed by atoms with Crippen LogP contribution in [0.25, 0.3) is 0 Å². The van der Waals surface area contributed by atoms with Gasteiger partial charge < -0.3 is 10.2 Å². The van der Waals surface area contributed by atoms with Crippen LogP contribution in [0.15, 0.2) is 60.7 Å². The van der Waals surface area contributed by atoms with Crippen LogP contribution in [0, 0.1) is 0 Å². The lowest BCUT2D eigenvalue weighted by molar-refractivity contribution is -0.122. The molecule has 1 saturated heterocycles. The van der Waals surface area contributed by atoms with E-state index in [1.54, 1.807) is 0 Å². The Morgan fingerprint density at radius 1 is 0.920 bits per heavy atom. The summed E-state index contributed by atoms with van der Waals surface area (Å²) in [5.74, 6) is 0.172. The third kappa shape index (κ3) is 4.92. The van der Waals surface area contributed by atoms with Crippen molar-refractivity contribution in [3.05, 3.63) is 71.8 Å². The van der Waals surface area contributed by atoms with E-state index in [0.29, 0.717) is 19.5 Å².